The number of fused-ring (bicyclic) bond motifs is 1. The van der Waals surface area contributed by atoms with Crippen LogP contribution in [-0.4, -0.2) is 31.6 Å². The van der Waals surface area contributed by atoms with Crippen molar-refractivity contribution < 1.29 is 9.53 Å². The summed E-state index contributed by atoms with van der Waals surface area (Å²) in [5.41, 5.74) is 1.10. The number of methoxy groups -OCH3 is 1. The van der Waals surface area contributed by atoms with E-state index in [1.807, 2.05) is 30.3 Å². The molecule has 1 aliphatic heterocycles. The minimum Gasteiger partial charge on any atom is -0.375 e. The Labute approximate surface area is 144 Å². The molecule has 0 aromatic heterocycles. The van der Waals surface area contributed by atoms with Gasteiger partial charge in [0.25, 0.3) is 0 Å². The first-order chi connectivity index (χ1) is 10.8. The largest absolute Gasteiger partial charge is 0.375 e. The van der Waals surface area contributed by atoms with Gasteiger partial charge in [-0.1, -0.05) is 43.2 Å². The van der Waals surface area contributed by atoms with Gasteiger partial charge in [0, 0.05) is 19.7 Å². The minimum absolute atomic E-state index is 0. The average molecular weight is 339 g/mol. The normalized spacial score (nSPS) is 27.6. The van der Waals surface area contributed by atoms with Crippen LogP contribution in [0.4, 0.5) is 0 Å². The number of halogens is 1. The minimum atomic E-state index is -0.0890. The zero-order valence-corrected chi connectivity index (χ0v) is 14.5. The van der Waals surface area contributed by atoms with Crippen molar-refractivity contribution >= 4 is 18.3 Å². The summed E-state index contributed by atoms with van der Waals surface area (Å²) in [5.74, 6) is 0.809. The van der Waals surface area contributed by atoms with E-state index < -0.39 is 0 Å². The van der Waals surface area contributed by atoms with Crippen LogP contribution in [0.25, 0.3) is 0 Å². The molecule has 1 amide bonds. The zero-order chi connectivity index (χ0) is 15.4. The molecule has 4 nitrogen and oxygen atoms in total. The number of hydrogen-bond acceptors (Lipinski definition) is 3. The van der Waals surface area contributed by atoms with E-state index >= 15 is 0 Å². The van der Waals surface area contributed by atoms with Crippen LogP contribution in [0.2, 0.25) is 0 Å². The van der Waals surface area contributed by atoms with E-state index in [-0.39, 0.29) is 30.5 Å². The van der Waals surface area contributed by atoms with Crippen molar-refractivity contribution in [2.75, 3.05) is 13.7 Å². The van der Waals surface area contributed by atoms with E-state index in [9.17, 15) is 4.79 Å². The van der Waals surface area contributed by atoms with Gasteiger partial charge in [-0.05, 0) is 30.7 Å². The standard InChI is InChI=1S/C18H26N2O2.ClH/c1-22-17(13-7-3-2-4-8-13)12-19-18(21)16-11-14-9-5-6-10-15(14)20-16;/h2-4,7-8,14-17,20H,5-6,9-12H2,1H3,(H,19,21);1H. The van der Waals surface area contributed by atoms with Crippen molar-refractivity contribution in [1.82, 2.24) is 10.6 Å². The summed E-state index contributed by atoms with van der Waals surface area (Å²) in [5, 5.41) is 6.58. The van der Waals surface area contributed by atoms with Crippen LogP contribution in [-0.2, 0) is 9.53 Å². The van der Waals surface area contributed by atoms with Crippen molar-refractivity contribution in [3.05, 3.63) is 35.9 Å². The van der Waals surface area contributed by atoms with Crippen LogP contribution in [0, 0.1) is 5.92 Å². The van der Waals surface area contributed by atoms with Gasteiger partial charge in [0.1, 0.15) is 0 Å². The Kier molecular flexibility index (Phi) is 6.88. The highest BCUT2D eigenvalue weighted by atomic mass is 35.5. The number of carbonyl (C=O) groups is 1. The molecule has 5 heteroatoms. The van der Waals surface area contributed by atoms with Crippen LogP contribution >= 0.6 is 12.4 Å². The fourth-order valence-electron chi connectivity index (χ4n) is 3.84. The lowest BCUT2D eigenvalue weighted by molar-refractivity contribution is -0.123. The Morgan fingerprint density at radius 1 is 1.30 bits per heavy atom. The Hall–Kier alpha value is -1.10. The monoisotopic (exact) mass is 338 g/mol. The van der Waals surface area contributed by atoms with Crippen molar-refractivity contribution in [1.29, 1.82) is 0 Å². The van der Waals surface area contributed by atoms with E-state index in [2.05, 4.69) is 10.6 Å². The molecule has 128 valence electrons. The fraction of sp³-hybridized carbons (Fsp3) is 0.611. The molecule has 2 fully saturated rings. The second-order valence-electron chi connectivity index (χ2n) is 6.49. The molecular formula is C18H27ClN2O2. The van der Waals surface area contributed by atoms with Gasteiger partial charge in [0.2, 0.25) is 5.91 Å². The molecule has 1 aromatic rings. The maximum absolute atomic E-state index is 12.4. The first kappa shape index (κ1) is 18.2. The molecule has 3 rings (SSSR count). The molecule has 0 bridgehead atoms. The topological polar surface area (TPSA) is 50.4 Å². The van der Waals surface area contributed by atoms with Gasteiger partial charge < -0.3 is 15.4 Å². The summed E-state index contributed by atoms with van der Waals surface area (Å²) in [6, 6.07) is 10.6. The number of amides is 1. The molecule has 0 spiro atoms. The Morgan fingerprint density at radius 3 is 2.74 bits per heavy atom. The Morgan fingerprint density at radius 2 is 2.04 bits per heavy atom. The zero-order valence-electron chi connectivity index (χ0n) is 13.7. The summed E-state index contributed by atoms with van der Waals surface area (Å²) >= 11 is 0. The third-order valence-electron chi connectivity index (χ3n) is 5.10. The van der Waals surface area contributed by atoms with Crippen LogP contribution < -0.4 is 10.6 Å². The molecule has 1 heterocycles. The second kappa shape index (κ2) is 8.67. The lowest BCUT2D eigenvalue weighted by atomic mass is 9.85. The predicted molar refractivity (Wildman–Crippen MR) is 93.7 cm³/mol. The van der Waals surface area contributed by atoms with Gasteiger partial charge in [0.05, 0.1) is 12.1 Å². The van der Waals surface area contributed by atoms with Gasteiger partial charge in [0.15, 0.2) is 0 Å². The van der Waals surface area contributed by atoms with Crippen molar-refractivity contribution in [2.45, 2.75) is 50.3 Å². The average Bonchev–Trinajstić information content (AvgIpc) is 3.00. The number of benzene rings is 1. The van der Waals surface area contributed by atoms with Gasteiger partial charge in [-0.2, -0.15) is 0 Å². The first-order valence-corrected chi connectivity index (χ1v) is 8.39. The Bertz CT molecular complexity index is 483. The molecule has 1 aromatic carbocycles. The van der Waals surface area contributed by atoms with Crippen LogP contribution in [0.3, 0.4) is 0 Å². The molecule has 1 saturated heterocycles. The number of rotatable bonds is 5. The molecule has 4 unspecified atom stereocenters. The van der Waals surface area contributed by atoms with Crippen LogP contribution in [0.15, 0.2) is 30.3 Å². The molecular weight excluding hydrogens is 312 g/mol. The van der Waals surface area contributed by atoms with E-state index in [0.29, 0.717) is 18.5 Å². The SMILES string of the molecule is COC(CNC(=O)C1CC2CCCCC2N1)c1ccccc1.Cl. The third-order valence-corrected chi connectivity index (χ3v) is 5.10. The highest BCUT2D eigenvalue weighted by Gasteiger charge is 2.38. The molecule has 1 saturated carbocycles. The maximum Gasteiger partial charge on any atom is 0.237 e. The summed E-state index contributed by atoms with van der Waals surface area (Å²) in [6.45, 7) is 0.521. The number of hydrogen-bond donors (Lipinski definition) is 2. The lowest BCUT2D eigenvalue weighted by Gasteiger charge is -2.24. The molecule has 23 heavy (non-hydrogen) atoms. The molecule has 2 aliphatic rings. The van der Waals surface area contributed by atoms with Gasteiger partial charge in [-0.3, -0.25) is 4.79 Å². The van der Waals surface area contributed by atoms with Crippen molar-refractivity contribution in [2.24, 2.45) is 5.92 Å². The van der Waals surface area contributed by atoms with Crippen LogP contribution in [0.5, 0.6) is 0 Å². The van der Waals surface area contributed by atoms with Gasteiger partial charge >= 0.3 is 0 Å². The summed E-state index contributed by atoms with van der Waals surface area (Å²) in [6.07, 6.45) is 6.00. The highest BCUT2D eigenvalue weighted by molar-refractivity contribution is 5.85. The van der Waals surface area contributed by atoms with Gasteiger partial charge in [-0.25, -0.2) is 0 Å². The smallest absolute Gasteiger partial charge is 0.237 e. The van der Waals surface area contributed by atoms with E-state index in [1.54, 1.807) is 7.11 Å². The predicted octanol–water partition coefficient (Wildman–Crippen LogP) is 2.83. The number of nitrogens with one attached hydrogen (secondary N) is 2. The molecule has 4 atom stereocenters. The van der Waals surface area contributed by atoms with Crippen LogP contribution in [0.1, 0.15) is 43.8 Å². The number of ether oxygens (including phenoxy) is 1. The lowest BCUT2D eigenvalue weighted by Crippen LogP contribution is -2.44. The summed E-state index contributed by atoms with van der Waals surface area (Å²) in [7, 11) is 1.69. The quantitative estimate of drug-likeness (QED) is 0.868. The van der Waals surface area contributed by atoms with E-state index in [1.165, 1.54) is 25.7 Å². The fourth-order valence-corrected chi connectivity index (χ4v) is 3.84. The van der Waals surface area contributed by atoms with Crippen molar-refractivity contribution in [3.63, 3.8) is 0 Å². The summed E-state index contributed by atoms with van der Waals surface area (Å²) in [4.78, 5) is 12.4. The molecule has 1 aliphatic carbocycles. The molecule has 2 N–H and O–H groups in total. The van der Waals surface area contributed by atoms with Gasteiger partial charge in [-0.15, -0.1) is 12.4 Å². The second-order valence-corrected chi connectivity index (χ2v) is 6.49. The third kappa shape index (κ3) is 4.46. The van der Waals surface area contributed by atoms with E-state index in [4.69, 9.17) is 4.74 Å². The Balaban J connectivity index is 0.00000192. The highest BCUT2D eigenvalue weighted by Crippen LogP contribution is 2.33. The summed E-state index contributed by atoms with van der Waals surface area (Å²) < 4.78 is 5.51. The molecule has 0 radical (unpaired) electrons. The first-order valence-electron chi connectivity index (χ1n) is 8.39. The maximum atomic E-state index is 12.4. The van der Waals surface area contributed by atoms with E-state index in [0.717, 1.165) is 12.0 Å². The van der Waals surface area contributed by atoms with Crippen molar-refractivity contribution in [3.8, 4) is 0 Å². The number of carbonyl (C=O) groups excluding carboxylic acids is 1.